The minimum atomic E-state index is -3.53. The Balaban J connectivity index is 1.77. The quantitative estimate of drug-likeness (QED) is 0.797. The van der Waals surface area contributed by atoms with E-state index in [4.69, 9.17) is 0 Å². The second-order valence-electron chi connectivity index (χ2n) is 6.67. The van der Waals surface area contributed by atoms with Crippen molar-refractivity contribution in [3.05, 3.63) is 65.7 Å². The Labute approximate surface area is 160 Å². The fourth-order valence-electron chi connectivity index (χ4n) is 3.06. The van der Waals surface area contributed by atoms with Gasteiger partial charge in [0.25, 0.3) is 0 Å². The lowest BCUT2D eigenvalue weighted by atomic mass is 10.2. The van der Waals surface area contributed by atoms with Crippen LogP contribution >= 0.6 is 0 Å². The lowest BCUT2D eigenvalue weighted by Gasteiger charge is -2.26. The molecule has 0 radical (unpaired) electrons. The number of hydrogen-bond acceptors (Lipinski definition) is 3. The van der Waals surface area contributed by atoms with E-state index >= 15 is 0 Å². The first kappa shape index (κ1) is 19.3. The van der Waals surface area contributed by atoms with Crippen molar-refractivity contribution in [1.82, 2.24) is 4.31 Å². The number of amides is 1. The van der Waals surface area contributed by atoms with Crippen LogP contribution in [0, 0.1) is 6.92 Å². The van der Waals surface area contributed by atoms with E-state index in [1.165, 1.54) is 10.4 Å². The topological polar surface area (TPSA) is 66.5 Å². The van der Waals surface area contributed by atoms with Crippen molar-refractivity contribution >= 4 is 27.7 Å². The van der Waals surface area contributed by atoms with Crippen molar-refractivity contribution < 1.29 is 13.2 Å². The molecule has 2 aromatic rings. The maximum Gasteiger partial charge on any atom is 0.248 e. The highest BCUT2D eigenvalue weighted by atomic mass is 32.2. The Morgan fingerprint density at radius 2 is 1.74 bits per heavy atom. The Bertz CT molecular complexity index is 931. The number of carbonyl (C=O) groups is 1. The van der Waals surface area contributed by atoms with Gasteiger partial charge in [0.05, 0.1) is 4.90 Å². The number of carbonyl (C=O) groups excluding carboxylic acids is 1. The van der Waals surface area contributed by atoms with Crippen LogP contribution in [0.1, 0.15) is 30.4 Å². The largest absolute Gasteiger partial charge is 0.322 e. The van der Waals surface area contributed by atoms with Gasteiger partial charge in [0.2, 0.25) is 15.9 Å². The van der Waals surface area contributed by atoms with Crippen molar-refractivity contribution in [2.45, 2.75) is 31.1 Å². The lowest BCUT2D eigenvalue weighted by molar-refractivity contribution is -0.111. The summed E-state index contributed by atoms with van der Waals surface area (Å²) in [6.07, 6.45) is 6.01. The maximum absolute atomic E-state index is 12.8. The molecule has 27 heavy (non-hydrogen) atoms. The summed E-state index contributed by atoms with van der Waals surface area (Å²) in [7, 11) is -3.53. The molecule has 5 nitrogen and oxygen atoms in total. The molecule has 0 aliphatic carbocycles. The minimum absolute atomic E-state index is 0.220. The monoisotopic (exact) mass is 384 g/mol. The molecule has 0 aromatic heterocycles. The van der Waals surface area contributed by atoms with E-state index in [0.717, 1.165) is 30.4 Å². The number of piperidine rings is 1. The van der Waals surface area contributed by atoms with Crippen LogP contribution < -0.4 is 5.32 Å². The van der Waals surface area contributed by atoms with Gasteiger partial charge >= 0.3 is 0 Å². The van der Waals surface area contributed by atoms with Gasteiger partial charge in [-0.3, -0.25) is 4.79 Å². The minimum Gasteiger partial charge on any atom is -0.322 e. The average Bonchev–Trinajstić information content (AvgIpc) is 2.69. The Kier molecular flexibility index (Phi) is 6.08. The summed E-state index contributed by atoms with van der Waals surface area (Å²) >= 11 is 0. The van der Waals surface area contributed by atoms with Gasteiger partial charge in [-0.2, -0.15) is 4.31 Å². The highest BCUT2D eigenvalue weighted by Crippen LogP contribution is 2.25. The molecule has 0 atom stereocenters. The molecule has 0 spiro atoms. The summed E-state index contributed by atoms with van der Waals surface area (Å²) < 4.78 is 27.2. The molecule has 142 valence electrons. The van der Waals surface area contributed by atoms with Crippen molar-refractivity contribution in [3.63, 3.8) is 0 Å². The smallest absolute Gasteiger partial charge is 0.248 e. The molecule has 1 aliphatic heterocycles. The molecule has 3 rings (SSSR count). The normalized spacial score (nSPS) is 15.7. The van der Waals surface area contributed by atoms with Crippen LogP contribution in [0.5, 0.6) is 0 Å². The predicted octanol–water partition coefficient (Wildman–Crippen LogP) is 3.82. The molecule has 1 heterocycles. The Hall–Kier alpha value is -2.44. The Morgan fingerprint density at radius 1 is 1.04 bits per heavy atom. The van der Waals surface area contributed by atoms with Crippen LogP contribution in [0.2, 0.25) is 0 Å². The first-order valence-corrected chi connectivity index (χ1v) is 10.6. The number of sulfonamides is 1. The van der Waals surface area contributed by atoms with Crippen LogP contribution in [0.3, 0.4) is 0 Å². The van der Waals surface area contributed by atoms with Gasteiger partial charge in [0, 0.05) is 24.9 Å². The number of benzene rings is 2. The first-order valence-electron chi connectivity index (χ1n) is 9.12. The molecular formula is C21H24N2O3S. The van der Waals surface area contributed by atoms with Crippen molar-refractivity contribution in [1.29, 1.82) is 0 Å². The molecule has 0 bridgehead atoms. The van der Waals surface area contributed by atoms with Gasteiger partial charge in [-0.15, -0.1) is 0 Å². The molecule has 1 N–H and O–H groups in total. The number of hydrogen-bond donors (Lipinski definition) is 1. The summed E-state index contributed by atoms with van der Waals surface area (Å²) in [5, 5.41) is 2.79. The van der Waals surface area contributed by atoms with Crippen molar-refractivity contribution in [2.24, 2.45) is 0 Å². The Morgan fingerprint density at radius 3 is 2.44 bits per heavy atom. The van der Waals surface area contributed by atoms with Gasteiger partial charge in [-0.05, 0) is 49.1 Å². The average molecular weight is 385 g/mol. The SMILES string of the molecule is Cc1ccc(S(=O)(=O)N2CCCCC2)cc1NC(=O)C=Cc1ccccc1. The fraction of sp³-hybridized carbons (Fsp3) is 0.286. The zero-order valence-electron chi connectivity index (χ0n) is 15.4. The van der Waals surface area contributed by atoms with E-state index in [9.17, 15) is 13.2 Å². The zero-order valence-corrected chi connectivity index (χ0v) is 16.2. The standard InChI is InChI=1S/C21H24N2O3S/c1-17-10-12-19(27(25,26)23-14-6-3-7-15-23)16-20(17)22-21(24)13-11-18-8-4-2-5-9-18/h2,4-5,8-13,16H,3,6-7,14-15H2,1H3,(H,22,24). The van der Waals surface area contributed by atoms with E-state index in [2.05, 4.69) is 5.32 Å². The summed E-state index contributed by atoms with van der Waals surface area (Å²) in [5.41, 5.74) is 2.25. The highest BCUT2D eigenvalue weighted by Gasteiger charge is 2.26. The lowest BCUT2D eigenvalue weighted by Crippen LogP contribution is -2.35. The summed E-state index contributed by atoms with van der Waals surface area (Å²) in [4.78, 5) is 12.5. The third-order valence-electron chi connectivity index (χ3n) is 4.65. The summed E-state index contributed by atoms with van der Waals surface area (Å²) in [6, 6.07) is 14.4. The van der Waals surface area contributed by atoms with Gasteiger partial charge in [0.1, 0.15) is 0 Å². The zero-order chi connectivity index (χ0) is 19.3. The first-order chi connectivity index (χ1) is 13.0. The van der Waals surface area contributed by atoms with Crippen LogP contribution in [0.25, 0.3) is 6.08 Å². The number of rotatable bonds is 5. The molecular weight excluding hydrogens is 360 g/mol. The molecule has 1 amide bonds. The molecule has 1 aliphatic rings. The van der Waals surface area contributed by atoms with Crippen LogP contribution in [0.4, 0.5) is 5.69 Å². The molecule has 1 saturated heterocycles. The van der Waals surface area contributed by atoms with E-state index < -0.39 is 10.0 Å². The molecule has 6 heteroatoms. The second kappa shape index (κ2) is 8.50. The maximum atomic E-state index is 12.8. The second-order valence-corrected chi connectivity index (χ2v) is 8.61. The number of nitrogens with one attached hydrogen (secondary N) is 1. The molecule has 1 fully saturated rings. The fourth-order valence-corrected chi connectivity index (χ4v) is 4.60. The van der Waals surface area contributed by atoms with Gasteiger partial charge < -0.3 is 5.32 Å². The van der Waals surface area contributed by atoms with Crippen LogP contribution in [0.15, 0.2) is 59.5 Å². The van der Waals surface area contributed by atoms with Crippen molar-refractivity contribution in [2.75, 3.05) is 18.4 Å². The van der Waals surface area contributed by atoms with E-state index in [1.807, 2.05) is 37.3 Å². The highest BCUT2D eigenvalue weighted by molar-refractivity contribution is 7.89. The van der Waals surface area contributed by atoms with E-state index in [1.54, 1.807) is 24.3 Å². The van der Waals surface area contributed by atoms with Crippen LogP contribution in [-0.4, -0.2) is 31.7 Å². The van der Waals surface area contributed by atoms with Gasteiger partial charge in [0.15, 0.2) is 0 Å². The summed E-state index contributed by atoms with van der Waals surface area (Å²) in [5.74, 6) is -0.297. The van der Waals surface area contributed by atoms with Crippen LogP contribution in [-0.2, 0) is 14.8 Å². The third-order valence-corrected chi connectivity index (χ3v) is 6.54. The number of nitrogens with zero attached hydrogens (tertiary/aromatic N) is 1. The third kappa shape index (κ3) is 4.84. The van der Waals surface area contributed by atoms with Gasteiger partial charge in [-0.1, -0.05) is 42.8 Å². The number of anilines is 1. The van der Waals surface area contributed by atoms with Crippen molar-refractivity contribution in [3.8, 4) is 0 Å². The molecule has 0 unspecified atom stereocenters. The van der Waals surface area contributed by atoms with Gasteiger partial charge in [-0.25, -0.2) is 8.42 Å². The molecule has 0 saturated carbocycles. The molecule has 2 aromatic carbocycles. The summed E-state index contributed by atoms with van der Waals surface area (Å²) in [6.45, 7) is 2.95. The number of aryl methyl sites for hydroxylation is 1. The predicted molar refractivity (Wildman–Crippen MR) is 108 cm³/mol. The van der Waals surface area contributed by atoms with E-state index in [-0.39, 0.29) is 10.8 Å². The van der Waals surface area contributed by atoms with E-state index in [0.29, 0.717) is 18.8 Å².